The first-order chi connectivity index (χ1) is 7.42. The van der Waals surface area contributed by atoms with E-state index in [2.05, 4.69) is 4.98 Å². The molecule has 1 saturated heterocycles. The average Bonchev–Trinajstić information content (AvgIpc) is 2.39. The fourth-order valence-corrected chi connectivity index (χ4v) is 1.79. The van der Waals surface area contributed by atoms with Crippen LogP contribution in [0.15, 0.2) is 18.3 Å². The van der Waals surface area contributed by atoms with Crippen LogP contribution in [0.25, 0.3) is 0 Å². The third kappa shape index (κ3) is 1.69. The van der Waals surface area contributed by atoms with Crippen LogP contribution in [0.4, 0.5) is 5.82 Å². The van der Waals surface area contributed by atoms with Crippen LogP contribution in [0.1, 0.15) is 20.3 Å². The van der Waals surface area contributed by atoms with Crippen molar-refractivity contribution < 1.29 is 9.59 Å². The standard InChI is InChI=1S/C11H11ClN2O2/c1-11(2)5-9(15)14(10(11)16)8-4-3-7(12)6-13-8/h3-4,6H,5H2,1-2H3. The fourth-order valence-electron chi connectivity index (χ4n) is 1.68. The fraction of sp³-hybridized carbons (Fsp3) is 0.364. The summed E-state index contributed by atoms with van der Waals surface area (Å²) >= 11 is 5.70. The smallest absolute Gasteiger partial charge is 0.241 e. The number of pyridine rings is 1. The largest absolute Gasteiger partial charge is 0.274 e. The van der Waals surface area contributed by atoms with Gasteiger partial charge >= 0.3 is 0 Å². The molecule has 0 atom stereocenters. The number of nitrogens with zero attached hydrogens (tertiary/aromatic N) is 2. The Morgan fingerprint density at radius 2 is 2.06 bits per heavy atom. The van der Waals surface area contributed by atoms with Crippen molar-refractivity contribution in [2.24, 2.45) is 5.41 Å². The average molecular weight is 239 g/mol. The van der Waals surface area contributed by atoms with Crippen molar-refractivity contribution in [3.63, 3.8) is 0 Å². The molecule has 0 unspecified atom stereocenters. The Bertz CT molecular complexity index is 454. The van der Waals surface area contributed by atoms with Crippen molar-refractivity contribution in [1.82, 2.24) is 4.98 Å². The summed E-state index contributed by atoms with van der Waals surface area (Å²) in [4.78, 5) is 28.8. The molecule has 1 fully saturated rings. The molecule has 5 heteroatoms. The van der Waals surface area contributed by atoms with E-state index in [0.29, 0.717) is 10.8 Å². The Morgan fingerprint density at radius 1 is 1.38 bits per heavy atom. The summed E-state index contributed by atoms with van der Waals surface area (Å²) < 4.78 is 0. The molecule has 2 amide bonds. The Balaban J connectivity index is 2.39. The zero-order valence-corrected chi connectivity index (χ0v) is 9.78. The highest BCUT2D eigenvalue weighted by atomic mass is 35.5. The highest BCUT2D eigenvalue weighted by Gasteiger charge is 2.45. The van der Waals surface area contributed by atoms with E-state index in [-0.39, 0.29) is 18.2 Å². The lowest BCUT2D eigenvalue weighted by Crippen LogP contribution is -2.33. The first kappa shape index (κ1) is 11.1. The lowest BCUT2D eigenvalue weighted by atomic mass is 9.92. The minimum Gasteiger partial charge on any atom is -0.274 e. The van der Waals surface area contributed by atoms with Crippen molar-refractivity contribution in [3.05, 3.63) is 23.4 Å². The lowest BCUT2D eigenvalue weighted by Gasteiger charge is -2.16. The van der Waals surface area contributed by atoms with Gasteiger partial charge in [0, 0.05) is 12.6 Å². The Morgan fingerprint density at radius 3 is 2.50 bits per heavy atom. The van der Waals surface area contributed by atoms with Crippen molar-refractivity contribution in [2.75, 3.05) is 4.90 Å². The van der Waals surface area contributed by atoms with Gasteiger partial charge in [0.2, 0.25) is 11.8 Å². The first-order valence-electron chi connectivity index (χ1n) is 4.91. The molecule has 0 N–H and O–H groups in total. The third-order valence-corrected chi connectivity index (χ3v) is 2.79. The van der Waals surface area contributed by atoms with Gasteiger partial charge in [0.25, 0.3) is 0 Å². The second-order valence-corrected chi connectivity index (χ2v) is 4.87. The molecule has 1 aromatic heterocycles. The van der Waals surface area contributed by atoms with E-state index in [1.165, 1.54) is 6.20 Å². The van der Waals surface area contributed by atoms with Crippen molar-refractivity contribution in [2.45, 2.75) is 20.3 Å². The minimum atomic E-state index is -0.640. The monoisotopic (exact) mass is 238 g/mol. The maximum Gasteiger partial charge on any atom is 0.241 e. The number of amides is 2. The maximum atomic E-state index is 12.0. The quantitative estimate of drug-likeness (QED) is 0.704. The molecule has 1 aromatic rings. The van der Waals surface area contributed by atoms with Crippen LogP contribution < -0.4 is 4.90 Å². The number of aromatic nitrogens is 1. The molecule has 0 spiro atoms. The highest BCUT2D eigenvalue weighted by molar-refractivity contribution is 6.30. The van der Waals surface area contributed by atoms with Gasteiger partial charge in [-0.1, -0.05) is 25.4 Å². The normalized spacial score (nSPS) is 19.3. The van der Waals surface area contributed by atoms with Gasteiger partial charge in [-0.2, -0.15) is 0 Å². The van der Waals surface area contributed by atoms with Gasteiger partial charge in [0.1, 0.15) is 5.82 Å². The van der Waals surface area contributed by atoms with Crippen molar-refractivity contribution in [1.29, 1.82) is 0 Å². The van der Waals surface area contributed by atoms with Crippen LogP contribution in [0.5, 0.6) is 0 Å². The summed E-state index contributed by atoms with van der Waals surface area (Å²) in [7, 11) is 0. The molecule has 2 rings (SSSR count). The van der Waals surface area contributed by atoms with E-state index >= 15 is 0 Å². The maximum absolute atomic E-state index is 12.0. The molecule has 0 saturated carbocycles. The van der Waals surface area contributed by atoms with Crippen molar-refractivity contribution >= 4 is 29.2 Å². The van der Waals surface area contributed by atoms with Gasteiger partial charge in [0.05, 0.1) is 10.4 Å². The predicted octanol–water partition coefficient (Wildman–Crippen LogP) is 2.02. The number of hydrogen-bond donors (Lipinski definition) is 0. The Labute approximate surface area is 98.2 Å². The molecular formula is C11H11ClN2O2. The molecule has 1 aliphatic heterocycles. The second kappa shape index (κ2) is 3.56. The minimum absolute atomic E-state index is 0.215. The van der Waals surface area contributed by atoms with Gasteiger partial charge in [0.15, 0.2) is 0 Å². The zero-order valence-electron chi connectivity index (χ0n) is 9.03. The molecule has 1 aliphatic rings. The number of hydrogen-bond acceptors (Lipinski definition) is 3. The Hall–Kier alpha value is -1.42. The predicted molar refractivity (Wildman–Crippen MR) is 60.1 cm³/mol. The molecule has 2 heterocycles. The summed E-state index contributed by atoms with van der Waals surface area (Å²) in [5.41, 5.74) is -0.640. The van der Waals surface area contributed by atoms with E-state index < -0.39 is 5.41 Å². The van der Waals surface area contributed by atoms with E-state index in [4.69, 9.17) is 11.6 Å². The summed E-state index contributed by atoms with van der Waals surface area (Å²) in [6, 6.07) is 3.18. The SMILES string of the molecule is CC1(C)CC(=O)N(c2ccc(Cl)cn2)C1=O. The van der Waals surface area contributed by atoms with Crippen LogP contribution >= 0.6 is 11.6 Å². The van der Waals surface area contributed by atoms with E-state index in [1.807, 2.05) is 0 Å². The summed E-state index contributed by atoms with van der Waals surface area (Å²) in [5.74, 6) is -0.0953. The van der Waals surface area contributed by atoms with Gasteiger partial charge < -0.3 is 0 Å². The van der Waals surface area contributed by atoms with Gasteiger partial charge in [-0.05, 0) is 12.1 Å². The molecule has 0 radical (unpaired) electrons. The third-order valence-electron chi connectivity index (χ3n) is 2.57. The highest BCUT2D eigenvalue weighted by Crippen LogP contribution is 2.34. The second-order valence-electron chi connectivity index (χ2n) is 4.43. The summed E-state index contributed by atoms with van der Waals surface area (Å²) in [6.45, 7) is 3.51. The Kier molecular flexibility index (Phi) is 2.46. The summed E-state index contributed by atoms with van der Waals surface area (Å²) in [5, 5.41) is 0.474. The number of imide groups is 1. The number of anilines is 1. The van der Waals surface area contributed by atoms with Crippen LogP contribution in [-0.4, -0.2) is 16.8 Å². The number of carbonyl (C=O) groups is 2. The topological polar surface area (TPSA) is 50.3 Å². The molecule has 84 valence electrons. The van der Waals surface area contributed by atoms with Crippen LogP contribution in [0.3, 0.4) is 0 Å². The lowest BCUT2D eigenvalue weighted by molar-refractivity contribution is -0.124. The molecule has 0 aromatic carbocycles. The zero-order chi connectivity index (χ0) is 11.9. The molecule has 4 nitrogen and oxygen atoms in total. The number of halogens is 1. The molecule has 0 aliphatic carbocycles. The van der Waals surface area contributed by atoms with E-state index in [1.54, 1.807) is 26.0 Å². The molecule has 16 heavy (non-hydrogen) atoms. The number of carbonyl (C=O) groups excluding carboxylic acids is 2. The van der Waals surface area contributed by atoms with E-state index in [0.717, 1.165) is 4.90 Å². The number of rotatable bonds is 1. The molecular weight excluding hydrogens is 228 g/mol. The van der Waals surface area contributed by atoms with E-state index in [9.17, 15) is 9.59 Å². The van der Waals surface area contributed by atoms with Crippen molar-refractivity contribution in [3.8, 4) is 0 Å². The van der Waals surface area contributed by atoms with Crippen LogP contribution in [-0.2, 0) is 9.59 Å². The van der Waals surface area contributed by atoms with Gasteiger partial charge in [-0.3, -0.25) is 9.59 Å². The van der Waals surface area contributed by atoms with Crippen LogP contribution in [0, 0.1) is 5.41 Å². The first-order valence-corrected chi connectivity index (χ1v) is 5.28. The van der Waals surface area contributed by atoms with Crippen LogP contribution in [0.2, 0.25) is 5.02 Å². The van der Waals surface area contributed by atoms with Gasteiger partial charge in [-0.25, -0.2) is 9.88 Å². The summed E-state index contributed by atoms with van der Waals surface area (Å²) in [6.07, 6.45) is 1.64. The van der Waals surface area contributed by atoms with Gasteiger partial charge in [-0.15, -0.1) is 0 Å². The molecule has 0 bridgehead atoms.